The Morgan fingerprint density at radius 2 is 1.75 bits per heavy atom. The van der Waals surface area contributed by atoms with Gasteiger partial charge in [0.15, 0.2) is 0 Å². The molecule has 4 rings (SSSR count). The third-order valence-corrected chi connectivity index (χ3v) is 5.74. The van der Waals surface area contributed by atoms with Gasteiger partial charge in [-0.15, -0.1) is 0 Å². The lowest BCUT2D eigenvalue weighted by atomic mass is 9.79. The molecule has 2 fully saturated rings. The summed E-state index contributed by atoms with van der Waals surface area (Å²) in [5.74, 6) is 0. The molecule has 1 aromatic heterocycles. The quantitative estimate of drug-likeness (QED) is 0.810. The molecule has 128 valence electrons. The third-order valence-electron chi connectivity index (χ3n) is 5.74. The van der Waals surface area contributed by atoms with Crippen molar-refractivity contribution >= 4 is 23.6 Å². The summed E-state index contributed by atoms with van der Waals surface area (Å²) in [6, 6.07) is 5.60. The molecule has 2 aromatic rings. The van der Waals surface area contributed by atoms with Gasteiger partial charge in [-0.3, -0.25) is 0 Å². The predicted molar refractivity (Wildman–Crippen MR) is 88.7 cm³/mol. The molecule has 1 aliphatic carbocycles. The Balaban J connectivity index is 1.75. The monoisotopic (exact) mass is 334 g/mol. The molecule has 1 aromatic carbocycles. The van der Waals surface area contributed by atoms with E-state index in [2.05, 4.69) is 4.98 Å². The Bertz CT molecular complexity index is 783. The van der Waals surface area contributed by atoms with Gasteiger partial charge in [-0.05, 0) is 58.1 Å². The highest BCUT2D eigenvalue weighted by molar-refractivity contribution is 6.62. The maximum absolute atomic E-state index is 13.5. The molecular formula is C17H21BF2N2O2. The Morgan fingerprint density at radius 3 is 2.29 bits per heavy atom. The summed E-state index contributed by atoms with van der Waals surface area (Å²) >= 11 is 0. The number of rotatable bonds is 3. The largest absolute Gasteiger partial charge is 0.494 e. The third kappa shape index (κ3) is 2.14. The first kappa shape index (κ1) is 16.0. The highest BCUT2D eigenvalue weighted by Crippen LogP contribution is 2.49. The number of hydrogen-bond acceptors (Lipinski definition) is 3. The van der Waals surface area contributed by atoms with Crippen molar-refractivity contribution in [3.63, 3.8) is 0 Å². The van der Waals surface area contributed by atoms with E-state index in [9.17, 15) is 8.78 Å². The van der Waals surface area contributed by atoms with Crippen LogP contribution in [0.1, 0.15) is 40.5 Å². The molecule has 0 N–H and O–H groups in total. The summed E-state index contributed by atoms with van der Waals surface area (Å²) < 4.78 is 40.7. The van der Waals surface area contributed by atoms with Gasteiger partial charge in [-0.1, -0.05) is 6.07 Å². The molecule has 0 atom stereocenters. The zero-order valence-electron chi connectivity index (χ0n) is 14.3. The van der Waals surface area contributed by atoms with Gasteiger partial charge in [0.1, 0.15) is 5.54 Å². The second-order valence-electron chi connectivity index (χ2n) is 7.86. The molecule has 24 heavy (non-hydrogen) atoms. The van der Waals surface area contributed by atoms with Gasteiger partial charge >= 0.3 is 7.12 Å². The predicted octanol–water partition coefficient (Wildman–Crippen LogP) is 3.09. The number of benzene rings is 1. The van der Waals surface area contributed by atoms with E-state index in [-0.39, 0.29) is 0 Å². The molecule has 7 heteroatoms. The molecule has 0 unspecified atom stereocenters. The van der Waals surface area contributed by atoms with Crippen LogP contribution < -0.4 is 5.46 Å². The topological polar surface area (TPSA) is 36.3 Å². The van der Waals surface area contributed by atoms with Crippen molar-refractivity contribution in [2.75, 3.05) is 0 Å². The molecule has 0 amide bonds. The van der Waals surface area contributed by atoms with E-state index >= 15 is 0 Å². The molecular weight excluding hydrogens is 313 g/mol. The van der Waals surface area contributed by atoms with Crippen LogP contribution in [0.15, 0.2) is 24.5 Å². The van der Waals surface area contributed by atoms with Gasteiger partial charge in [0.05, 0.1) is 28.6 Å². The lowest BCUT2D eigenvalue weighted by molar-refractivity contribution is 0.00578. The minimum absolute atomic E-state index is 0.437. The minimum atomic E-state index is -2.39. The van der Waals surface area contributed by atoms with Gasteiger partial charge in [-0.2, -0.15) is 0 Å². The van der Waals surface area contributed by atoms with E-state index in [0.29, 0.717) is 23.9 Å². The molecule has 0 spiro atoms. The van der Waals surface area contributed by atoms with Crippen molar-refractivity contribution in [3.8, 4) is 0 Å². The summed E-state index contributed by atoms with van der Waals surface area (Å²) in [4.78, 5) is 4.28. The molecule has 1 saturated carbocycles. The van der Waals surface area contributed by atoms with Crippen LogP contribution in [0, 0.1) is 0 Å². The van der Waals surface area contributed by atoms with Crippen LogP contribution in [0.3, 0.4) is 0 Å². The molecule has 1 aliphatic heterocycles. The number of aromatic nitrogens is 2. The maximum atomic E-state index is 13.5. The van der Waals surface area contributed by atoms with Crippen LogP contribution in [0.5, 0.6) is 0 Å². The Hall–Kier alpha value is -1.47. The molecule has 4 nitrogen and oxygen atoms in total. The van der Waals surface area contributed by atoms with Crippen molar-refractivity contribution < 1.29 is 18.1 Å². The van der Waals surface area contributed by atoms with Crippen LogP contribution in [0.2, 0.25) is 0 Å². The standard InChI is InChI=1S/C17H21BF2N2O2/c1-15(2)16(3,4)24-18(23-15)11-5-6-12-13(9-11)22(10-21-12)17(7-8-17)14(19)20/h5-6,9-10,14H,7-8H2,1-4H3. The fraction of sp³-hybridized carbons (Fsp3) is 0.588. The molecule has 1 saturated heterocycles. The summed E-state index contributed by atoms with van der Waals surface area (Å²) in [6.07, 6.45) is 0.0985. The average molecular weight is 334 g/mol. The van der Waals surface area contributed by atoms with Crippen molar-refractivity contribution in [1.82, 2.24) is 9.55 Å². The van der Waals surface area contributed by atoms with E-state index in [0.717, 1.165) is 5.46 Å². The summed E-state index contributed by atoms with van der Waals surface area (Å²) in [6.45, 7) is 7.97. The van der Waals surface area contributed by atoms with Crippen molar-refractivity contribution in [2.24, 2.45) is 0 Å². The zero-order valence-corrected chi connectivity index (χ0v) is 14.3. The van der Waals surface area contributed by atoms with Crippen LogP contribution in [0.25, 0.3) is 11.0 Å². The number of imidazole rings is 1. The summed E-state index contributed by atoms with van der Waals surface area (Å²) in [5.41, 5.74) is 0.278. The first-order valence-corrected chi connectivity index (χ1v) is 8.28. The fourth-order valence-electron chi connectivity index (χ4n) is 3.20. The first-order valence-electron chi connectivity index (χ1n) is 8.28. The van der Waals surface area contributed by atoms with Crippen LogP contribution in [-0.2, 0) is 14.8 Å². The van der Waals surface area contributed by atoms with Crippen LogP contribution in [0.4, 0.5) is 8.78 Å². The lowest BCUT2D eigenvalue weighted by Gasteiger charge is -2.32. The van der Waals surface area contributed by atoms with Crippen LogP contribution in [-0.4, -0.2) is 34.3 Å². The highest BCUT2D eigenvalue weighted by Gasteiger charge is 2.54. The van der Waals surface area contributed by atoms with E-state index in [1.807, 2.05) is 45.9 Å². The SMILES string of the molecule is CC1(C)OB(c2ccc3ncn(C4(C(F)F)CC4)c3c2)OC1(C)C. The average Bonchev–Trinajstić information content (AvgIpc) is 3.13. The lowest BCUT2D eigenvalue weighted by Crippen LogP contribution is -2.41. The number of alkyl halides is 2. The number of hydrogen-bond donors (Lipinski definition) is 0. The number of fused-ring (bicyclic) bond motifs is 1. The Kier molecular flexibility index (Phi) is 3.20. The molecule has 2 heterocycles. The van der Waals surface area contributed by atoms with Gasteiger partial charge in [-0.25, -0.2) is 13.8 Å². The first-order chi connectivity index (χ1) is 11.2. The smallest absolute Gasteiger partial charge is 0.399 e. The second-order valence-corrected chi connectivity index (χ2v) is 7.86. The molecule has 0 radical (unpaired) electrons. The second kappa shape index (κ2) is 4.79. The van der Waals surface area contributed by atoms with Gasteiger partial charge in [0, 0.05) is 0 Å². The van der Waals surface area contributed by atoms with Crippen molar-refractivity contribution in [2.45, 2.75) is 63.7 Å². The Labute approximate surface area is 140 Å². The zero-order chi connectivity index (χ0) is 17.3. The minimum Gasteiger partial charge on any atom is -0.399 e. The number of nitrogens with zero attached hydrogens (tertiary/aromatic N) is 2. The maximum Gasteiger partial charge on any atom is 0.494 e. The van der Waals surface area contributed by atoms with E-state index in [4.69, 9.17) is 9.31 Å². The van der Waals surface area contributed by atoms with E-state index in [1.165, 1.54) is 6.33 Å². The highest BCUT2D eigenvalue weighted by atomic mass is 19.3. The van der Waals surface area contributed by atoms with E-state index < -0.39 is 30.3 Å². The molecule has 2 aliphatic rings. The van der Waals surface area contributed by atoms with Crippen molar-refractivity contribution in [1.29, 1.82) is 0 Å². The summed E-state index contributed by atoms with van der Waals surface area (Å²) in [5, 5.41) is 0. The van der Waals surface area contributed by atoms with Gasteiger partial charge in [0.2, 0.25) is 0 Å². The van der Waals surface area contributed by atoms with Crippen molar-refractivity contribution in [3.05, 3.63) is 24.5 Å². The van der Waals surface area contributed by atoms with Gasteiger partial charge in [0.25, 0.3) is 6.43 Å². The summed E-state index contributed by atoms with van der Waals surface area (Å²) in [7, 11) is -0.510. The Morgan fingerprint density at radius 1 is 1.12 bits per heavy atom. The van der Waals surface area contributed by atoms with Gasteiger partial charge < -0.3 is 13.9 Å². The fourth-order valence-corrected chi connectivity index (χ4v) is 3.20. The normalized spacial score (nSPS) is 24.0. The van der Waals surface area contributed by atoms with Crippen LogP contribution >= 0.6 is 0 Å². The van der Waals surface area contributed by atoms with E-state index in [1.54, 1.807) is 4.57 Å². The molecule has 0 bridgehead atoms. The number of halogens is 2.